The Morgan fingerprint density at radius 2 is 0.629 bits per heavy atom. The van der Waals surface area contributed by atoms with Crippen LogP contribution in [0.2, 0.25) is 30.1 Å². The molecule has 2 amide bonds. The number of hydrogen-bond donors (Lipinski definition) is 6. The first-order valence-electron chi connectivity index (χ1n) is 38.2. The Hall–Kier alpha value is -5.57. The summed E-state index contributed by atoms with van der Waals surface area (Å²) in [6.07, 6.45) is 0. The zero-order chi connectivity index (χ0) is 82.6. The highest BCUT2D eigenvalue weighted by molar-refractivity contribution is 7.90. The van der Waals surface area contributed by atoms with E-state index in [0.717, 1.165) is 50.1 Å². The minimum absolute atomic E-state index is 0.0499. The van der Waals surface area contributed by atoms with Crippen molar-refractivity contribution in [3.05, 3.63) is 224 Å². The quantitative estimate of drug-likeness (QED) is 0.0193. The third kappa shape index (κ3) is 28.3. The van der Waals surface area contributed by atoms with E-state index in [4.69, 9.17) is 112 Å². The average molecular weight is 1780 g/mol. The van der Waals surface area contributed by atoms with E-state index in [1.165, 1.54) is 6.07 Å². The minimum Gasteiger partial charge on any atom is -0.378 e. The number of fused-ring (bicyclic) bond motifs is 3. The van der Waals surface area contributed by atoms with Crippen LogP contribution in [0.4, 0.5) is 0 Å². The van der Waals surface area contributed by atoms with Crippen LogP contribution >= 0.6 is 69.6 Å². The predicted molar refractivity (Wildman–Crippen MR) is 449 cm³/mol. The van der Waals surface area contributed by atoms with Gasteiger partial charge < -0.3 is 73.3 Å². The molecule has 3 aliphatic heterocycles. The van der Waals surface area contributed by atoms with Crippen molar-refractivity contribution >= 4 is 111 Å². The molecule has 0 saturated carbocycles. The van der Waals surface area contributed by atoms with Crippen LogP contribution in [0.3, 0.4) is 0 Å². The molecule has 0 radical (unpaired) electrons. The molecule has 6 N–H and O–H groups in total. The summed E-state index contributed by atoms with van der Waals surface area (Å²) in [5.41, 5.74) is 9.55. The number of sulfonamides is 3. The van der Waals surface area contributed by atoms with Crippen LogP contribution in [0.25, 0.3) is 0 Å². The molecule has 632 valence electrons. The van der Waals surface area contributed by atoms with Crippen molar-refractivity contribution in [2.24, 2.45) is 0 Å². The van der Waals surface area contributed by atoms with Gasteiger partial charge >= 0.3 is 0 Å². The van der Waals surface area contributed by atoms with Gasteiger partial charge in [-0.1, -0.05) is 106 Å². The van der Waals surface area contributed by atoms with Crippen molar-refractivity contribution in [1.29, 1.82) is 0 Å². The number of amides is 2. The van der Waals surface area contributed by atoms with Gasteiger partial charge in [0.1, 0.15) is 0 Å². The molecule has 0 saturated heterocycles. The van der Waals surface area contributed by atoms with Gasteiger partial charge in [-0.15, -0.1) is 0 Å². The van der Waals surface area contributed by atoms with E-state index < -0.39 is 41.9 Å². The first-order chi connectivity index (χ1) is 55.8. The Morgan fingerprint density at radius 1 is 0.353 bits per heavy atom. The topological polar surface area (TPSA) is 302 Å². The SMILES string of the molecule is CN1Cc2c(Cl)cc(Cl)cc2[C@H](c2cccc(S(=O)(=O)NCCOCCOCCOCCNCc3cc(C(=O)NCCOCCOCCOCCNS(=O)(=O)c4cccc([C@@H]5CN(C)Cc6c(Cl)cc(Cl)cc65)c4)cc(C(=O)NCCOCCOCCOCCNS(=O)(=O)c4cccc([C@@H]5CN(C)Cc6c(Cl)cc(Cl)cc65)c4)c3)c2)C1. The smallest absolute Gasteiger partial charge is 0.251 e. The van der Waals surface area contributed by atoms with Crippen LogP contribution in [0.5, 0.6) is 0 Å². The fourth-order valence-electron chi connectivity index (χ4n) is 13.8. The van der Waals surface area contributed by atoms with Crippen molar-refractivity contribution in [2.45, 2.75) is 58.6 Å². The summed E-state index contributed by atoms with van der Waals surface area (Å²) in [6, 6.07) is 36.4. The molecule has 7 aromatic rings. The van der Waals surface area contributed by atoms with Crippen molar-refractivity contribution in [3.63, 3.8) is 0 Å². The molecule has 0 aliphatic carbocycles. The highest BCUT2D eigenvalue weighted by Crippen LogP contribution is 2.42. The van der Waals surface area contributed by atoms with Gasteiger partial charge in [-0.2, -0.15) is 0 Å². The summed E-state index contributed by atoms with van der Waals surface area (Å²) >= 11 is 38.9. The maximum atomic E-state index is 13.6. The number of carbonyl (C=O) groups excluding carboxylic acids is 2. The van der Waals surface area contributed by atoms with Crippen LogP contribution in [0, 0.1) is 0 Å². The van der Waals surface area contributed by atoms with E-state index in [0.29, 0.717) is 108 Å². The number of halogens is 6. The highest BCUT2D eigenvalue weighted by Gasteiger charge is 2.32. The van der Waals surface area contributed by atoms with Gasteiger partial charge in [-0.25, -0.2) is 39.4 Å². The zero-order valence-electron chi connectivity index (χ0n) is 65.1. The summed E-state index contributed by atoms with van der Waals surface area (Å²) < 4.78 is 139. The lowest BCUT2D eigenvalue weighted by atomic mass is 9.85. The van der Waals surface area contributed by atoms with Gasteiger partial charge in [0.05, 0.1) is 134 Å². The van der Waals surface area contributed by atoms with Gasteiger partial charge in [0.2, 0.25) is 30.1 Å². The van der Waals surface area contributed by atoms with E-state index in [9.17, 15) is 34.8 Å². The van der Waals surface area contributed by atoms with Crippen molar-refractivity contribution < 1.29 is 77.5 Å². The van der Waals surface area contributed by atoms with Crippen LogP contribution in [-0.4, -0.2) is 251 Å². The Morgan fingerprint density at radius 3 is 0.931 bits per heavy atom. The summed E-state index contributed by atoms with van der Waals surface area (Å²) in [7, 11) is -5.55. The molecule has 0 spiro atoms. The van der Waals surface area contributed by atoms with E-state index in [1.807, 2.05) is 57.5 Å². The van der Waals surface area contributed by atoms with Gasteiger partial charge in [-0.05, 0) is 168 Å². The van der Waals surface area contributed by atoms with Gasteiger partial charge in [0.15, 0.2) is 0 Å². The molecule has 3 heterocycles. The Kier molecular flexibility index (Phi) is 37.1. The van der Waals surface area contributed by atoms with Crippen LogP contribution in [0.1, 0.15) is 94.1 Å². The number of likely N-dealkylation sites (N-methyl/N-ethyl adjacent to an activating group) is 3. The Labute approximate surface area is 710 Å². The lowest BCUT2D eigenvalue weighted by molar-refractivity contribution is 0.0162. The number of ether oxygens (including phenoxy) is 9. The molecule has 35 heteroatoms. The van der Waals surface area contributed by atoms with Crippen molar-refractivity contribution in [3.8, 4) is 0 Å². The predicted octanol–water partition coefficient (Wildman–Crippen LogP) is 9.97. The van der Waals surface area contributed by atoms with E-state index in [1.54, 1.807) is 84.9 Å². The van der Waals surface area contributed by atoms with Crippen LogP contribution in [0.15, 0.2) is 142 Å². The van der Waals surface area contributed by atoms with Crippen LogP contribution in [-0.2, 0) is 98.9 Å². The average Bonchev–Trinajstić information content (AvgIpc) is 0.779. The number of hydrogen-bond acceptors (Lipinski definition) is 21. The number of nitrogens with zero attached hydrogens (tertiary/aromatic N) is 3. The second-order valence-corrected chi connectivity index (χ2v) is 36.0. The van der Waals surface area contributed by atoms with Gasteiger partial charge in [0, 0.05) is 144 Å². The molecule has 3 atom stereocenters. The fourth-order valence-corrected chi connectivity index (χ4v) is 18.7. The third-order valence-corrected chi connectivity index (χ3v) is 25.4. The Balaban J connectivity index is 0.592. The molecule has 26 nitrogen and oxygen atoms in total. The second-order valence-electron chi connectivity index (χ2n) is 28.1. The summed E-state index contributed by atoms with van der Waals surface area (Å²) in [5.74, 6) is -1.20. The standard InChI is InChI=1S/C81H101Cl6N9O17S3/c1-94-50-71(68-43-62(82)46-77(85)74(68)53-94)57-7-4-10-65(40-57)114(99,100)91-16-22-108-28-34-111-31-25-105-19-13-88-49-56-37-60(80(97)89-14-20-106-26-32-112-35-29-109-23-17-92-115(101,102)66-11-5-8-58(41-66)72-51-95(2)54-75-69(72)44-63(83)47-78(75)86)39-61(38-56)81(98)90-15-21-107-27-33-113-36-30-110-24-18-93-116(103,104)67-12-6-9-59(42-67)73-52-96(3)55-76-70(73)45-64(84)48-79(76)87/h4-12,37-48,71-73,88,91-93H,13-36,49-55H2,1-3H3,(H,89,97)(H,90,98)/t71-,72-,73-/m0/s1. The monoisotopic (exact) mass is 1780 g/mol. The molecule has 0 unspecified atom stereocenters. The van der Waals surface area contributed by atoms with E-state index in [2.05, 4.69) is 44.8 Å². The molecule has 3 aliphatic rings. The lowest BCUT2D eigenvalue weighted by Gasteiger charge is -2.33. The molecule has 10 rings (SSSR count). The summed E-state index contributed by atoms with van der Waals surface area (Å²) in [5, 5.41) is 12.3. The number of rotatable bonds is 49. The fraction of sp³-hybridized carbons (Fsp3) is 0.457. The second kappa shape index (κ2) is 46.4. The van der Waals surface area contributed by atoms with E-state index in [-0.39, 0.29) is 175 Å². The molecular formula is C81H101Cl6N9O17S3. The lowest BCUT2D eigenvalue weighted by Crippen LogP contribution is -2.31. The largest absolute Gasteiger partial charge is 0.378 e. The molecule has 116 heavy (non-hydrogen) atoms. The number of carbonyl (C=O) groups is 2. The summed E-state index contributed by atoms with van der Waals surface area (Å²) in [6.45, 7) is 9.28. The summed E-state index contributed by atoms with van der Waals surface area (Å²) in [4.78, 5) is 34.1. The Bertz CT molecular complexity index is 4580. The number of benzene rings is 7. The van der Waals surface area contributed by atoms with Gasteiger partial charge in [-0.3, -0.25) is 9.59 Å². The molecular weight excluding hydrogens is 1680 g/mol. The molecule has 0 fully saturated rings. The zero-order valence-corrected chi connectivity index (χ0v) is 72.0. The van der Waals surface area contributed by atoms with Crippen LogP contribution < -0.4 is 30.1 Å². The van der Waals surface area contributed by atoms with E-state index >= 15 is 0 Å². The molecule has 0 aromatic heterocycles. The highest BCUT2D eigenvalue weighted by atomic mass is 35.5. The molecule has 7 aromatic carbocycles. The maximum absolute atomic E-state index is 13.6. The first-order valence-corrected chi connectivity index (χ1v) is 44.9. The van der Waals surface area contributed by atoms with Crippen molar-refractivity contribution in [1.82, 2.24) is 44.8 Å². The number of nitrogens with one attached hydrogen (secondary N) is 6. The first kappa shape index (κ1) is 92.7. The maximum Gasteiger partial charge on any atom is 0.251 e. The van der Waals surface area contributed by atoms with Crippen molar-refractivity contribution in [2.75, 3.05) is 199 Å². The normalized spacial score (nSPS) is 16.1. The third-order valence-electron chi connectivity index (χ3n) is 19.4. The minimum atomic E-state index is -3.85. The van der Waals surface area contributed by atoms with Gasteiger partial charge in [0.25, 0.3) is 11.8 Å². The molecule has 0 bridgehead atoms.